The van der Waals surface area contributed by atoms with Crippen LogP contribution in [0, 0.1) is 5.92 Å². The number of hydrogen-bond acceptors (Lipinski definition) is 4. The highest BCUT2D eigenvalue weighted by Gasteiger charge is 2.25. The van der Waals surface area contributed by atoms with E-state index in [0.717, 1.165) is 19.0 Å². The summed E-state index contributed by atoms with van der Waals surface area (Å²) in [5, 5.41) is 0. The van der Waals surface area contributed by atoms with E-state index >= 15 is 0 Å². The number of fused-ring (bicyclic) bond motifs is 3. The Morgan fingerprint density at radius 1 is 1.28 bits per heavy atom. The van der Waals surface area contributed by atoms with E-state index in [1.807, 2.05) is 16.5 Å². The Morgan fingerprint density at radius 3 is 2.72 bits per heavy atom. The summed E-state index contributed by atoms with van der Waals surface area (Å²) in [5.41, 5.74) is 0.123. The van der Waals surface area contributed by atoms with Gasteiger partial charge in [-0.25, -0.2) is 4.79 Å². The molecule has 1 aliphatic heterocycles. The van der Waals surface area contributed by atoms with Crippen LogP contribution in [0.5, 0.6) is 0 Å². The van der Waals surface area contributed by atoms with Gasteiger partial charge >= 0.3 is 5.69 Å². The molecule has 3 heterocycles. The summed E-state index contributed by atoms with van der Waals surface area (Å²) in [6.45, 7) is 3.77. The van der Waals surface area contributed by atoms with Gasteiger partial charge in [-0.1, -0.05) is 6.92 Å². The largest absolute Gasteiger partial charge is 0.345 e. The van der Waals surface area contributed by atoms with Crippen molar-refractivity contribution in [2.24, 2.45) is 13.0 Å². The smallest absolute Gasteiger partial charge is 0.329 e. The monoisotopic (exact) mass is 249 g/mol. The minimum Gasteiger partial charge on any atom is -0.345 e. The first kappa shape index (κ1) is 11.1. The Labute approximate surface area is 103 Å². The maximum Gasteiger partial charge on any atom is 0.329 e. The fourth-order valence-corrected chi connectivity index (χ4v) is 2.61. The van der Waals surface area contributed by atoms with Crippen LogP contribution in [0.1, 0.15) is 6.92 Å². The van der Waals surface area contributed by atoms with Crippen LogP contribution in [0.2, 0.25) is 0 Å². The number of nitrogens with one attached hydrogen (secondary N) is 1. The molecule has 0 saturated heterocycles. The van der Waals surface area contributed by atoms with Crippen molar-refractivity contribution < 1.29 is 0 Å². The van der Waals surface area contributed by atoms with Gasteiger partial charge in [-0.05, 0) is 5.92 Å². The molecule has 0 bridgehead atoms. The molecule has 0 aliphatic carbocycles. The topological polar surface area (TPSA) is 75.9 Å². The Kier molecular flexibility index (Phi) is 2.13. The fourth-order valence-electron chi connectivity index (χ4n) is 2.61. The first-order valence-corrected chi connectivity index (χ1v) is 5.89. The number of aryl methyl sites for hydroxylation is 1. The zero-order chi connectivity index (χ0) is 13.0. The third kappa shape index (κ3) is 1.33. The molecule has 0 saturated carbocycles. The second-order valence-electron chi connectivity index (χ2n) is 5.00. The summed E-state index contributed by atoms with van der Waals surface area (Å²) < 4.78 is 3.27. The molecule has 0 fully saturated rings. The van der Waals surface area contributed by atoms with Crippen LogP contribution in [0.3, 0.4) is 0 Å². The van der Waals surface area contributed by atoms with Crippen molar-refractivity contribution in [1.82, 2.24) is 19.1 Å². The zero-order valence-electron chi connectivity index (χ0n) is 10.6. The van der Waals surface area contributed by atoms with Gasteiger partial charge in [-0.2, -0.15) is 4.98 Å². The average Bonchev–Trinajstić information content (AvgIpc) is 2.66. The third-order valence-electron chi connectivity index (χ3n) is 3.41. The minimum atomic E-state index is -0.432. The fraction of sp³-hybridized carbons (Fsp3) is 0.545. The summed E-state index contributed by atoms with van der Waals surface area (Å²) in [7, 11) is 3.56. The molecule has 1 N–H and O–H groups in total. The molecule has 1 atom stereocenters. The quantitative estimate of drug-likeness (QED) is 0.683. The van der Waals surface area contributed by atoms with Crippen molar-refractivity contribution in [3.8, 4) is 0 Å². The Hall–Kier alpha value is -2.05. The van der Waals surface area contributed by atoms with Gasteiger partial charge in [0.15, 0.2) is 11.2 Å². The maximum absolute atomic E-state index is 11.9. The highest BCUT2D eigenvalue weighted by Crippen LogP contribution is 2.24. The second-order valence-corrected chi connectivity index (χ2v) is 5.00. The van der Waals surface area contributed by atoms with Crippen LogP contribution in [0.4, 0.5) is 5.95 Å². The van der Waals surface area contributed by atoms with Gasteiger partial charge in [0.2, 0.25) is 5.95 Å². The Bertz CT molecular complexity index is 738. The number of anilines is 1. The molecule has 0 aromatic carbocycles. The van der Waals surface area contributed by atoms with E-state index in [4.69, 9.17) is 0 Å². The second kappa shape index (κ2) is 3.47. The van der Waals surface area contributed by atoms with Gasteiger partial charge in [0.1, 0.15) is 0 Å². The lowest BCUT2D eigenvalue weighted by Crippen LogP contribution is -2.35. The van der Waals surface area contributed by atoms with Gasteiger partial charge in [-0.3, -0.25) is 14.3 Å². The molecular formula is C11H15N5O2. The van der Waals surface area contributed by atoms with Crippen molar-refractivity contribution in [1.29, 1.82) is 0 Å². The molecule has 3 rings (SSSR count). The Morgan fingerprint density at radius 2 is 2.00 bits per heavy atom. The van der Waals surface area contributed by atoms with Crippen molar-refractivity contribution in [2.75, 3.05) is 18.5 Å². The number of aromatic amines is 1. The summed E-state index contributed by atoms with van der Waals surface area (Å²) in [5.74, 6) is 1.19. The molecular weight excluding hydrogens is 234 g/mol. The molecule has 0 radical (unpaired) electrons. The van der Waals surface area contributed by atoms with Crippen LogP contribution < -0.4 is 16.1 Å². The molecule has 0 unspecified atom stereocenters. The van der Waals surface area contributed by atoms with E-state index in [1.165, 1.54) is 4.57 Å². The number of imidazole rings is 1. The molecule has 2 aromatic rings. The van der Waals surface area contributed by atoms with E-state index in [1.54, 1.807) is 7.05 Å². The van der Waals surface area contributed by atoms with Crippen molar-refractivity contribution in [3.05, 3.63) is 20.8 Å². The number of H-pyrrole nitrogens is 1. The predicted molar refractivity (Wildman–Crippen MR) is 68.0 cm³/mol. The number of rotatable bonds is 0. The molecule has 0 amide bonds. The van der Waals surface area contributed by atoms with E-state index in [-0.39, 0.29) is 5.56 Å². The van der Waals surface area contributed by atoms with Gasteiger partial charge in [0.05, 0.1) is 0 Å². The average molecular weight is 249 g/mol. The number of hydrogen-bond donors (Lipinski definition) is 1. The zero-order valence-corrected chi connectivity index (χ0v) is 10.6. The van der Waals surface area contributed by atoms with Crippen LogP contribution in [0.15, 0.2) is 9.59 Å². The molecule has 7 nitrogen and oxygen atoms in total. The van der Waals surface area contributed by atoms with Crippen molar-refractivity contribution >= 4 is 17.1 Å². The van der Waals surface area contributed by atoms with E-state index in [9.17, 15) is 9.59 Å². The summed E-state index contributed by atoms with van der Waals surface area (Å²) in [6.07, 6.45) is 0. The molecule has 96 valence electrons. The first-order valence-electron chi connectivity index (χ1n) is 5.89. The number of aromatic nitrogens is 4. The lowest BCUT2D eigenvalue weighted by molar-refractivity contribution is 0.450. The summed E-state index contributed by atoms with van der Waals surface area (Å²) in [6, 6.07) is 0. The first-order chi connectivity index (χ1) is 8.49. The highest BCUT2D eigenvalue weighted by atomic mass is 16.2. The third-order valence-corrected chi connectivity index (χ3v) is 3.41. The van der Waals surface area contributed by atoms with Crippen LogP contribution in [0.25, 0.3) is 11.2 Å². The lowest BCUT2D eigenvalue weighted by atomic mass is 10.1. The maximum atomic E-state index is 11.9. The molecule has 2 aromatic heterocycles. The minimum absolute atomic E-state index is 0.366. The lowest BCUT2D eigenvalue weighted by Gasteiger charge is -2.29. The van der Waals surface area contributed by atoms with Crippen molar-refractivity contribution in [3.63, 3.8) is 0 Å². The van der Waals surface area contributed by atoms with Gasteiger partial charge < -0.3 is 9.47 Å². The predicted octanol–water partition coefficient (Wildman–Crippen LogP) is -0.491. The van der Waals surface area contributed by atoms with Gasteiger partial charge in [-0.15, -0.1) is 0 Å². The van der Waals surface area contributed by atoms with Gasteiger partial charge in [0.25, 0.3) is 5.56 Å². The molecule has 18 heavy (non-hydrogen) atoms. The van der Waals surface area contributed by atoms with Crippen LogP contribution in [-0.4, -0.2) is 32.7 Å². The normalized spacial score (nSPS) is 19.3. The van der Waals surface area contributed by atoms with Crippen LogP contribution >= 0.6 is 0 Å². The SMILES string of the molecule is C[C@@H]1CN(C)c2nc3c(c(=O)[nH]c(=O)n3C)n2C1. The van der Waals surface area contributed by atoms with Crippen LogP contribution in [-0.2, 0) is 13.6 Å². The number of nitrogens with zero attached hydrogens (tertiary/aromatic N) is 4. The molecule has 7 heteroatoms. The van der Waals surface area contributed by atoms with E-state index < -0.39 is 5.69 Å². The summed E-state index contributed by atoms with van der Waals surface area (Å²) >= 11 is 0. The highest BCUT2D eigenvalue weighted by molar-refractivity contribution is 5.74. The molecule has 1 aliphatic rings. The van der Waals surface area contributed by atoms with Gasteiger partial charge in [0, 0.05) is 27.2 Å². The van der Waals surface area contributed by atoms with Crippen molar-refractivity contribution in [2.45, 2.75) is 13.5 Å². The van der Waals surface area contributed by atoms with E-state index in [0.29, 0.717) is 17.1 Å². The molecule has 0 spiro atoms. The van der Waals surface area contributed by atoms with E-state index in [2.05, 4.69) is 16.9 Å². The summed E-state index contributed by atoms with van der Waals surface area (Å²) in [4.78, 5) is 32.3. The Balaban J connectivity index is 2.45. The standard InChI is InChI=1S/C11H15N5O2/c1-6-4-14(2)10-12-8-7(16(10)5-6)9(17)13-11(18)15(8)3/h6H,4-5H2,1-3H3,(H,13,17,18)/t6-/m1/s1.